The molecule has 78 valence electrons. The molecule has 0 bridgehead atoms. The average molecular weight is 224 g/mol. The summed E-state index contributed by atoms with van der Waals surface area (Å²) in [5.41, 5.74) is 5.64. The molecule has 0 aromatic heterocycles. The minimum absolute atomic E-state index is 0.0272. The van der Waals surface area contributed by atoms with Crippen molar-refractivity contribution in [2.45, 2.75) is 19.1 Å². The van der Waals surface area contributed by atoms with Gasteiger partial charge in [-0.1, -0.05) is 23.7 Å². The van der Waals surface area contributed by atoms with Crippen molar-refractivity contribution in [3.8, 4) is 0 Å². The quantitative estimate of drug-likeness (QED) is 0.777. The van der Waals surface area contributed by atoms with Crippen LogP contribution in [0.15, 0.2) is 18.2 Å². The minimum atomic E-state index is -4.42. The molecule has 2 N–H and O–H groups in total. The summed E-state index contributed by atoms with van der Waals surface area (Å²) in [6, 6.07) is 2.10. The van der Waals surface area contributed by atoms with Gasteiger partial charge < -0.3 is 5.73 Å². The molecular formula is C9H9ClF3N. The zero-order chi connectivity index (χ0) is 10.9. The number of hydrogen-bond acceptors (Lipinski definition) is 1. The van der Waals surface area contributed by atoms with Crippen LogP contribution in [-0.2, 0) is 0 Å². The zero-order valence-corrected chi connectivity index (χ0v) is 8.15. The second-order valence-electron chi connectivity index (χ2n) is 3.03. The van der Waals surface area contributed by atoms with E-state index in [4.69, 9.17) is 17.3 Å². The van der Waals surface area contributed by atoms with Crippen molar-refractivity contribution < 1.29 is 13.2 Å². The summed E-state index contributed by atoms with van der Waals surface area (Å²) in [6.45, 7) is 1.63. The average Bonchev–Trinajstić information content (AvgIpc) is 2.07. The molecule has 0 fully saturated rings. The van der Waals surface area contributed by atoms with Gasteiger partial charge in [0.2, 0.25) is 0 Å². The molecule has 1 nitrogen and oxygen atoms in total. The molecular weight excluding hydrogens is 215 g/mol. The highest BCUT2D eigenvalue weighted by Gasteiger charge is 2.37. The topological polar surface area (TPSA) is 26.0 Å². The molecule has 0 aliphatic carbocycles. The zero-order valence-electron chi connectivity index (χ0n) is 7.40. The summed E-state index contributed by atoms with van der Waals surface area (Å²) < 4.78 is 36.6. The predicted octanol–water partition coefficient (Wildman–Crippen LogP) is 3.21. The van der Waals surface area contributed by atoms with Crippen LogP contribution in [0.5, 0.6) is 0 Å². The van der Waals surface area contributed by atoms with E-state index in [9.17, 15) is 13.2 Å². The first-order valence-electron chi connectivity index (χ1n) is 3.90. The van der Waals surface area contributed by atoms with Gasteiger partial charge >= 0.3 is 6.18 Å². The molecule has 0 saturated carbocycles. The van der Waals surface area contributed by atoms with E-state index in [1.54, 1.807) is 6.92 Å². The van der Waals surface area contributed by atoms with Crippen molar-refractivity contribution in [2.75, 3.05) is 0 Å². The smallest absolute Gasteiger partial charge is 0.316 e. The Labute approximate surface area is 84.7 Å². The lowest BCUT2D eigenvalue weighted by molar-refractivity contribution is -0.149. The fourth-order valence-corrected chi connectivity index (χ4v) is 1.17. The van der Waals surface area contributed by atoms with Crippen LogP contribution >= 0.6 is 11.6 Å². The summed E-state index contributed by atoms with van der Waals surface area (Å²) in [7, 11) is 0. The lowest BCUT2D eigenvalue weighted by Crippen LogP contribution is -2.28. The van der Waals surface area contributed by atoms with Crippen molar-refractivity contribution in [3.05, 3.63) is 34.3 Å². The maximum absolute atomic E-state index is 12.2. The molecule has 1 aromatic carbocycles. The lowest BCUT2D eigenvalue weighted by atomic mass is 10.1. The molecule has 0 saturated heterocycles. The van der Waals surface area contributed by atoms with E-state index in [1.807, 2.05) is 0 Å². The molecule has 0 spiro atoms. The monoisotopic (exact) mass is 223 g/mol. The van der Waals surface area contributed by atoms with Gasteiger partial charge in [-0.3, -0.25) is 0 Å². The Hall–Kier alpha value is -0.740. The van der Waals surface area contributed by atoms with Crippen molar-refractivity contribution in [1.29, 1.82) is 0 Å². The summed E-state index contributed by atoms with van der Waals surface area (Å²) in [6.07, 6.45) is -4.42. The Bertz CT molecular complexity index is 335. The van der Waals surface area contributed by atoms with Gasteiger partial charge in [0.25, 0.3) is 0 Å². The second kappa shape index (κ2) is 3.79. The largest absolute Gasteiger partial charge is 0.407 e. The van der Waals surface area contributed by atoms with Gasteiger partial charge in [-0.15, -0.1) is 0 Å². The van der Waals surface area contributed by atoms with Crippen molar-refractivity contribution in [3.63, 3.8) is 0 Å². The first kappa shape index (κ1) is 11.3. The number of alkyl halides is 3. The predicted molar refractivity (Wildman–Crippen MR) is 49.2 cm³/mol. The normalized spacial score (nSPS) is 14.1. The van der Waals surface area contributed by atoms with E-state index in [1.165, 1.54) is 18.2 Å². The van der Waals surface area contributed by atoms with Gasteiger partial charge in [-0.2, -0.15) is 13.2 Å². The lowest BCUT2D eigenvalue weighted by Gasteiger charge is -2.16. The Morgan fingerprint density at radius 3 is 2.36 bits per heavy atom. The van der Waals surface area contributed by atoms with Gasteiger partial charge in [-0.05, 0) is 24.1 Å². The van der Waals surface area contributed by atoms with Crippen LogP contribution in [0, 0.1) is 6.92 Å². The number of benzene rings is 1. The maximum atomic E-state index is 12.2. The van der Waals surface area contributed by atoms with Crippen molar-refractivity contribution >= 4 is 11.6 Å². The van der Waals surface area contributed by atoms with E-state index < -0.39 is 12.2 Å². The number of aryl methyl sites for hydroxylation is 1. The van der Waals surface area contributed by atoms with E-state index in [0.717, 1.165) is 0 Å². The fourth-order valence-electron chi connectivity index (χ4n) is 1.05. The number of hydrogen-bond donors (Lipinski definition) is 1. The van der Waals surface area contributed by atoms with Crippen LogP contribution in [0.3, 0.4) is 0 Å². The van der Waals surface area contributed by atoms with Gasteiger partial charge in [0, 0.05) is 5.02 Å². The molecule has 1 atom stereocenters. The third-order valence-electron chi connectivity index (χ3n) is 1.89. The Morgan fingerprint density at radius 2 is 1.93 bits per heavy atom. The molecule has 5 heteroatoms. The van der Waals surface area contributed by atoms with Crippen LogP contribution in [0.4, 0.5) is 13.2 Å². The van der Waals surface area contributed by atoms with Crippen LogP contribution in [0.1, 0.15) is 17.2 Å². The Balaban J connectivity index is 3.03. The third-order valence-corrected chi connectivity index (χ3v) is 2.32. The van der Waals surface area contributed by atoms with Crippen LogP contribution in [0.25, 0.3) is 0 Å². The number of nitrogens with two attached hydrogens (primary N) is 1. The number of halogens is 4. The molecule has 0 aliphatic heterocycles. The molecule has 0 aliphatic rings. The molecule has 1 rings (SSSR count). The van der Waals surface area contributed by atoms with E-state index >= 15 is 0 Å². The SMILES string of the molecule is Cc1cc([C@@H](N)C(F)(F)F)ccc1Cl. The molecule has 0 unspecified atom stereocenters. The van der Waals surface area contributed by atoms with Crippen LogP contribution in [-0.4, -0.2) is 6.18 Å². The highest BCUT2D eigenvalue weighted by atomic mass is 35.5. The molecule has 0 heterocycles. The van der Waals surface area contributed by atoms with E-state index in [0.29, 0.717) is 10.6 Å². The maximum Gasteiger partial charge on any atom is 0.407 e. The highest BCUT2D eigenvalue weighted by molar-refractivity contribution is 6.31. The summed E-state index contributed by atoms with van der Waals surface area (Å²) in [5, 5.41) is 0.433. The Morgan fingerprint density at radius 1 is 1.36 bits per heavy atom. The molecule has 0 radical (unpaired) electrons. The van der Waals surface area contributed by atoms with Gasteiger partial charge in [0.15, 0.2) is 0 Å². The minimum Gasteiger partial charge on any atom is -0.316 e. The third kappa shape index (κ3) is 2.39. The molecule has 1 aromatic rings. The second-order valence-corrected chi connectivity index (χ2v) is 3.44. The first-order chi connectivity index (χ1) is 6.32. The summed E-state index contributed by atoms with van der Waals surface area (Å²) >= 11 is 5.68. The Kier molecular flexibility index (Phi) is 3.07. The van der Waals surface area contributed by atoms with Crippen molar-refractivity contribution in [1.82, 2.24) is 0 Å². The van der Waals surface area contributed by atoms with Gasteiger partial charge in [0.1, 0.15) is 6.04 Å². The van der Waals surface area contributed by atoms with E-state index in [-0.39, 0.29) is 5.56 Å². The summed E-state index contributed by atoms with van der Waals surface area (Å²) in [5.74, 6) is 0. The molecule has 0 amide bonds. The standard InChI is InChI=1S/C9H9ClF3N/c1-5-4-6(2-3-7(5)10)8(14)9(11,12)13/h2-4,8H,14H2,1H3/t8-/m1/s1. The van der Waals surface area contributed by atoms with Crippen LogP contribution in [0.2, 0.25) is 5.02 Å². The number of rotatable bonds is 1. The van der Waals surface area contributed by atoms with E-state index in [2.05, 4.69) is 0 Å². The summed E-state index contributed by atoms with van der Waals surface area (Å²) in [4.78, 5) is 0. The first-order valence-corrected chi connectivity index (χ1v) is 4.28. The van der Waals surface area contributed by atoms with Gasteiger partial charge in [0.05, 0.1) is 0 Å². The van der Waals surface area contributed by atoms with Crippen molar-refractivity contribution in [2.24, 2.45) is 5.73 Å². The van der Waals surface area contributed by atoms with Crippen LogP contribution < -0.4 is 5.73 Å². The molecule has 14 heavy (non-hydrogen) atoms. The highest BCUT2D eigenvalue weighted by Crippen LogP contribution is 2.31. The fraction of sp³-hybridized carbons (Fsp3) is 0.333. The van der Waals surface area contributed by atoms with Gasteiger partial charge in [-0.25, -0.2) is 0 Å².